The van der Waals surface area contributed by atoms with E-state index in [1.165, 1.54) is 12.1 Å². The molecular weight excluding hydrogens is 293 g/mol. The second-order valence-electron chi connectivity index (χ2n) is 5.40. The minimum atomic E-state index is -0.301. The van der Waals surface area contributed by atoms with E-state index < -0.39 is 0 Å². The van der Waals surface area contributed by atoms with E-state index in [4.69, 9.17) is 0 Å². The fourth-order valence-corrected chi connectivity index (χ4v) is 2.43. The number of ketones is 1. The number of hydrogen-bond donors (Lipinski definition) is 0. The van der Waals surface area contributed by atoms with Gasteiger partial charge in [0.05, 0.1) is 23.3 Å². The van der Waals surface area contributed by atoms with E-state index in [9.17, 15) is 9.18 Å². The van der Waals surface area contributed by atoms with Crippen LogP contribution in [-0.2, 0) is 0 Å². The van der Waals surface area contributed by atoms with Gasteiger partial charge >= 0.3 is 0 Å². The molecule has 0 aliphatic carbocycles. The zero-order valence-electron chi connectivity index (χ0n) is 13.0. The second kappa shape index (κ2) is 6.12. The van der Waals surface area contributed by atoms with Gasteiger partial charge in [0.25, 0.3) is 0 Å². The third-order valence-electron chi connectivity index (χ3n) is 3.66. The van der Waals surface area contributed by atoms with Crippen molar-refractivity contribution >= 4 is 22.5 Å². The Bertz CT molecular complexity index is 862. The average molecular weight is 309 g/mol. The average Bonchev–Trinajstić information content (AvgIpc) is 2.54. The van der Waals surface area contributed by atoms with Crippen molar-refractivity contribution in [2.75, 3.05) is 18.5 Å². The summed E-state index contributed by atoms with van der Waals surface area (Å²) in [6.07, 6.45) is 0. The van der Waals surface area contributed by atoms with Crippen LogP contribution in [0.2, 0.25) is 0 Å². The molecule has 0 atom stereocenters. The summed E-state index contributed by atoms with van der Waals surface area (Å²) in [7, 11) is 1.79. The van der Waals surface area contributed by atoms with Gasteiger partial charge in [-0.25, -0.2) is 14.4 Å². The SMILES string of the molecule is Cc1nc2ccccc2nc1C(=O)CN(C)c1ccc(F)cc1. The normalized spacial score (nSPS) is 10.7. The third-order valence-corrected chi connectivity index (χ3v) is 3.66. The summed E-state index contributed by atoms with van der Waals surface area (Å²) in [4.78, 5) is 23.2. The summed E-state index contributed by atoms with van der Waals surface area (Å²) < 4.78 is 13.0. The lowest BCUT2D eigenvalue weighted by Crippen LogP contribution is -2.27. The minimum Gasteiger partial charge on any atom is -0.367 e. The second-order valence-corrected chi connectivity index (χ2v) is 5.40. The highest BCUT2D eigenvalue weighted by Gasteiger charge is 2.16. The molecule has 0 radical (unpaired) electrons. The van der Waals surface area contributed by atoms with Crippen molar-refractivity contribution in [1.82, 2.24) is 9.97 Å². The van der Waals surface area contributed by atoms with Crippen LogP contribution in [0.3, 0.4) is 0 Å². The number of halogens is 1. The van der Waals surface area contributed by atoms with Crippen molar-refractivity contribution in [1.29, 1.82) is 0 Å². The summed E-state index contributed by atoms with van der Waals surface area (Å²) in [5, 5.41) is 0. The molecule has 23 heavy (non-hydrogen) atoms. The van der Waals surface area contributed by atoms with Gasteiger partial charge in [-0.15, -0.1) is 0 Å². The smallest absolute Gasteiger partial charge is 0.202 e. The zero-order valence-corrected chi connectivity index (χ0v) is 13.0. The predicted octanol–water partition coefficient (Wildman–Crippen LogP) is 3.40. The molecule has 0 aliphatic rings. The molecule has 3 aromatic rings. The highest BCUT2D eigenvalue weighted by molar-refractivity contribution is 5.99. The molecular formula is C18H16FN3O. The number of aromatic nitrogens is 2. The Balaban J connectivity index is 1.85. The molecule has 0 N–H and O–H groups in total. The van der Waals surface area contributed by atoms with Gasteiger partial charge in [0.15, 0.2) is 0 Å². The Labute approximate surface area is 133 Å². The first-order valence-corrected chi connectivity index (χ1v) is 7.28. The molecule has 0 fully saturated rings. The maximum atomic E-state index is 13.0. The fraction of sp³-hybridized carbons (Fsp3) is 0.167. The number of Topliss-reactive ketones (excluding diaryl/α,β-unsaturated/α-hetero) is 1. The topological polar surface area (TPSA) is 46.1 Å². The van der Waals surface area contributed by atoms with E-state index in [0.717, 1.165) is 11.2 Å². The van der Waals surface area contributed by atoms with Gasteiger partial charge < -0.3 is 4.90 Å². The van der Waals surface area contributed by atoms with Crippen molar-refractivity contribution < 1.29 is 9.18 Å². The Kier molecular flexibility index (Phi) is 4.02. The third kappa shape index (κ3) is 3.18. The summed E-state index contributed by atoms with van der Waals surface area (Å²) in [5.74, 6) is -0.419. The van der Waals surface area contributed by atoms with Crippen LogP contribution in [0.25, 0.3) is 11.0 Å². The Morgan fingerprint density at radius 3 is 2.30 bits per heavy atom. The molecule has 0 unspecified atom stereocenters. The van der Waals surface area contributed by atoms with E-state index in [0.29, 0.717) is 16.9 Å². The first kappa shape index (κ1) is 15.1. The first-order valence-electron chi connectivity index (χ1n) is 7.28. The minimum absolute atomic E-state index is 0.118. The maximum absolute atomic E-state index is 13.0. The largest absolute Gasteiger partial charge is 0.367 e. The number of aryl methyl sites for hydroxylation is 1. The molecule has 1 aromatic heterocycles. The molecule has 3 rings (SSSR count). The Morgan fingerprint density at radius 2 is 1.65 bits per heavy atom. The molecule has 0 amide bonds. The maximum Gasteiger partial charge on any atom is 0.202 e. The van der Waals surface area contributed by atoms with Crippen LogP contribution in [0.5, 0.6) is 0 Å². The van der Waals surface area contributed by atoms with Crippen molar-refractivity contribution in [3.05, 3.63) is 65.7 Å². The number of nitrogens with zero attached hydrogens (tertiary/aromatic N) is 3. The molecule has 2 aromatic carbocycles. The van der Waals surface area contributed by atoms with Crippen LogP contribution < -0.4 is 4.90 Å². The van der Waals surface area contributed by atoms with Gasteiger partial charge in [-0.3, -0.25) is 4.79 Å². The van der Waals surface area contributed by atoms with Crippen LogP contribution in [0.15, 0.2) is 48.5 Å². The zero-order chi connectivity index (χ0) is 16.4. The van der Waals surface area contributed by atoms with Gasteiger partial charge in [0, 0.05) is 12.7 Å². The monoisotopic (exact) mass is 309 g/mol. The number of anilines is 1. The summed E-state index contributed by atoms with van der Waals surface area (Å²) >= 11 is 0. The van der Waals surface area contributed by atoms with Crippen LogP contribution in [0.4, 0.5) is 10.1 Å². The van der Waals surface area contributed by atoms with E-state index in [-0.39, 0.29) is 18.1 Å². The van der Waals surface area contributed by atoms with E-state index in [1.54, 1.807) is 31.0 Å². The van der Waals surface area contributed by atoms with Crippen molar-refractivity contribution in [3.63, 3.8) is 0 Å². The van der Waals surface area contributed by atoms with E-state index >= 15 is 0 Å². The predicted molar refractivity (Wildman–Crippen MR) is 88.3 cm³/mol. The standard InChI is InChI=1S/C18H16FN3O/c1-12-18(21-16-6-4-3-5-15(16)20-12)17(23)11-22(2)14-9-7-13(19)8-10-14/h3-10H,11H2,1-2H3. The summed E-state index contributed by atoms with van der Waals surface area (Å²) in [6.45, 7) is 1.93. The lowest BCUT2D eigenvalue weighted by Gasteiger charge is -2.18. The molecule has 116 valence electrons. The number of fused-ring (bicyclic) bond motifs is 1. The molecule has 0 saturated heterocycles. The molecule has 0 bridgehead atoms. The number of benzene rings is 2. The molecule has 1 heterocycles. The van der Waals surface area contributed by atoms with Crippen molar-refractivity contribution in [2.24, 2.45) is 0 Å². The molecule has 5 heteroatoms. The lowest BCUT2D eigenvalue weighted by atomic mass is 10.2. The van der Waals surface area contributed by atoms with Gasteiger partial charge in [0.1, 0.15) is 11.5 Å². The Hall–Kier alpha value is -2.82. The number of para-hydroxylation sites is 2. The van der Waals surface area contributed by atoms with Gasteiger partial charge in [-0.05, 0) is 43.3 Å². The van der Waals surface area contributed by atoms with Crippen molar-refractivity contribution in [2.45, 2.75) is 6.92 Å². The van der Waals surface area contributed by atoms with E-state index in [1.807, 2.05) is 24.3 Å². The summed E-state index contributed by atoms with van der Waals surface area (Å²) in [5.41, 5.74) is 3.23. The molecule has 0 saturated carbocycles. The van der Waals surface area contributed by atoms with Crippen LogP contribution >= 0.6 is 0 Å². The fourth-order valence-electron chi connectivity index (χ4n) is 2.43. The van der Waals surface area contributed by atoms with Crippen LogP contribution in [-0.4, -0.2) is 29.3 Å². The number of likely N-dealkylation sites (N-methyl/N-ethyl adjacent to an activating group) is 1. The summed E-state index contributed by atoms with van der Waals surface area (Å²) in [6, 6.07) is 13.5. The van der Waals surface area contributed by atoms with Crippen molar-refractivity contribution in [3.8, 4) is 0 Å². The number of hydrogen-bond acceptors (Lipinski definition) is 4. The number of carbonyl (C=O) groups excluding carboxylic acids is 1. The quantitative estimate of drug-likeness (QED) is 0.693. The number of rotatable bonds is 4. The highest BCUT2D eigenvalue weighted by Crippen LogP contribution is 2.16. The van der Waals surface area contributed by atoms with Crippen LogP contribution in [0, 0.1) is 12.7 Å². The van der Waals surface area contributed by atoms with E-state index in [2.05, 4.69) is 9.97 Å². The number of carbonyl (C=O) groups is 1. The molecule has 0 spiro atoms. The lowest BCUT2D eigenvalue weighted by molar-refractivity contribution is 0.0995. The van der Waals surface area contributed by atoms with Gasteiger partial charge in [-0.2, -0.15) is 0 Å². The highest BCUT2D eigenvalue weighted by atomic mass is 19.1. The molecule has 4 nitrogen and oxygen atoms in total. The first-order chi connectivity index (χ1) is 11.0. The van der Waals surface area contributed by atoms with Gasteiger partial charge in [-0.1, -0.05) is 12.1 Å². The Morgan fingerprint density at radius 1 is 1.04 bits per heavy atom. The van der Waals surface area contributed by atoms with Crippen LogP contribution in [0.1, 0.15) is 16.2 Å². The molecule has 0 aliphatic heterocycles. The van der Waals surface area contributed by atoms with Gasteiger partial charge in [0.2, 0.25) is 5.78 Å².